The SMILES string of the molecule is CCC(C)CN(C)C(=O)c1cc(S(=O)(=O)Cl)c(Br)cc1F. The molecule has 1 atom stereocenters. The Bertz CT molecular complexity index is 651. The maximum Gasteiger partial charge on any atom is 0.262 e. The molecule has 0 fully saturated rings. The number of halogens is 3. The van der Waals surface area contributed by atoms with E-state index < -0.39 is 20.8 Å². The van der Waals surface area contributed by atoms with Gasteiger partial charge in [-0.1, -0.05) is 20.3 Å². The molecule has 0 spiro atoms. The number of amides is 1. The fraction of sp³-hybridized carbons (Fsp3) is 0.462. The summed E-state index contributed by atoms with van der Waals surface area (Å²) in [4.78, 5) is 13.3. The third kappa shape index (κ3) is 4.66. The van der Waals surface area contributed by atoms with E-state index in [0.717, 1.165) is 18.6 Å². The third-order valence-corrected chi connectivity index (χ3v) is 5.42. The van der Waals surface area contributed by atoms with Crippen molar-refractivity contribution in [1.29, 1.82) is 0 Å². The van der Waals surface area contributed by atoms with E-state index in [4.69, 9.17) is 10.7 Å². The Balaban J connectivity index is 3.22. The van der Waals surface area contributed by atoms with Gasteiger partial charge < -0.3 is 4.90 Å². The van der Waals surface area contributed by atoms with Crippen LogP contribution in [0.2, 0.25) is 0 Å². The zero-order valence-corrected chi connectivity index (χ0v) is 15.0. The fourth-order valence-electron chi connectivity index (χ4n) is 1.77. The molecule has 1 amide bonds. The summed E-state index contributed by atoms with van der Waals surface area (Å²) >= 11 is 2.93. The van der Waals surface area contributed by atoms with Crippen LogP contribution in [0.25, 0.3) is 0 Å². The van der Waals surface area contributed by atoms with Crippen molar-refractivity contribution >= 4 is 41.6 Å². The lowest BCUT2D eigenvalue weighted by molar-refractivity contribution is 0.0770. The quantitative estimate of drug-likeness (QED) is 0.709. The van der Waals surface area contributed by atoms with Gasteiger partial charge in [-0.05, 0) is 34.0 Å². The number of carbonyl (C=O) groups excluding carboxylic acids is 1. The molecule has 1 aromatic rings. The van der Waals surface area contributed by atoms with Crippen LogP contribution in [0.3, 0.4) is 0 Å². The highest BCUT2D eigenvalue weighted by Gasteiger charge is 2.23. The standard InChI is InChI=1S/C13H16BrClFNO3S/c1-4-8(2)7-17(3)13(18)9-5-12(21(15,19)20)10(14)6-11(9)16/h5-6,8H,4,7H2,1-3H3. The highest BCUT2D eigenvalue weighted by Crippen LogP contribution is 2.28. The van der Waals surface area contributed by atoms with E-state index in [-0.39, 0.29) is 20.8 Å². The highest BCUT2D eigenvalue weighted by molar-refractivity contribution is 9.10. The van der Waals surface area contributed by atoms with E-state index in [0.29, 0.717) is 6.54 Å². The van der Waals surface area contributed by atoms with Gasteiger partial charge in [-0.25, -0.2) is 12.8 Å². The van der Waals surface area contributed by atoms with Gasteiger partial charge in [0.2, 0.25) is 0 Å². The highest BCUT2D eigenvalue weighted by atomic mass is 79.9. The smallest absolute Gasteiger partial charge is 0.262 e. The molecule has 118 valence electrons. The summed E-state index contributed by atoms with van der Waals surface area (Å²) in [5, 5.41) is 0. The van der Waals surface area contributed by atoms with Crippen LogP contribution in [-0.4, -0.2) is 32.8 Å². The van der Waals surface area contributed by atoms with Crippen molar-refractivity contribution in [2.45, 2.75) is 25.2 Å². The maximum absolute atomic E-state index is 13.9. The van der Waals surface area contributed by atoms with Crippen LogP contribution < -0.4 is 0 Å². The van der Waals surface area contributed by atoms with Crippen molar-refractivity contribution in [1.82, 2.24) is 4.90 Å². The maximum atomic E-state index is 13.9. The second kappa shape index (κ2) is 7.07. The minimum Gasteiger partial charge on any atom is -0.341 e. The van der Waals surface area contributed by atoms with Gasteiger partial charge in [0.15, 0.2) is 0 Å². The first-order valence-corrected chi connectivity index (χ1v) is 9.37. The number of benzene rings is 1. The normalized spacial score (nSPS) is 13.0. The minimum atomic E-state index is -4.07. The van der Waals surface area contributed by atoms with Gasteiger partial charge in [0, 0.05) is 28.7 Å². The van der Waals surface area contributed by atoms with Crippen LogP contribution in [-0.2, 0) is 9.05 Å². The Morgan fingerprint density at radius 3 is 2.52 bits per heavy atom. The number of carbonyl (C=O) groups is 1. The van der Waals surface area contributed by atoms with E-state index >= 15 is 0 Å². The predicted octanol–water partition coefficient (Wildman–Crippen LogP) is 3.63. The molecule has 1 aromatic carbocycles. The van der Waals surface area contributed by atoms with Crippen molar-refractivity contribution < 1.29 is 17.6 Å². The summed E-state index contributed by atoms with van der Waals surface area (Å²) in [6.07, 6.45) is 0.877. The molecule has 0 aliphatic rings. The van der Waals surface area contributed by atoms with Crippen LogP contribution in [0.1, 0.15) is 30.6 Å². The van der Waals surface area contributed by atoms with E-state index in [1.165, 1.54) is 4.90 Å². The third-order valence-electron chi connectivity index (χ3n) is 3.14. The van der Waals surface area contributed by atoms with Gasteiger partial charge in [-0.2, -0.15) is 0 Å². The first-order valence-electron chi connectivity index (χ1n) is 6.27. The molecule has 0 radical (unpaired) electrons. The van der Waals surface area contributed by atoms with E-state index in [1.807, 2.05) is 13.8 Å². The van der Waals surface area contributed by atoms with Crippen molar-refractivity contribution in [2.24, 2.45) is 5.92 Å². The average Bonchev–Trinajstić information content (AvgIpc) is 2.36. The Morgan fingerprint density at radius 2 is 2.05 bits per heavy atom. The minimum absolute atomic E-state index is 0.0175. The molecule has 4 nitrogen and oxygen atoms in total. The predicted molar refractivity (Wildman–Crippen MR) is 83.6 cm³/mol. The van der Waals surface area contributed by atoms with Crippen molar-refractivity contribution in [3.05, 3.63) is 28.0 Å². The van der Waals surface area contributed by atoms with Crippen molar-refractivity contribution in [2.75, 3.05) is 13.6 Å². The van der Waals surface area contributed by atoms with Gasteiger partial charge in [0.1, 0.15) is 5.82 Å². The summed E-state index contributed by atoms with van der Waals surface area (Å²) in [5.41, 5.74) is -0.316. The Kier molecular flexibility index (Phi) is 6.19. The Hall–Kier alpha value is -0.660. The van der Waals surface area contributed by atoms with E-state index in [9.17, 15) is 17.6 Å². The molecule has 0 aliphatic heterocycles. The fourth-order valence-corrected chi connectivity index (χ4v) is 3.93. The summed E-state index contributed by atoms with van der Waals surface area (Å²) in [6, 6.07) is 1.89. The van der Waals surface area contributed by atoms with E-state index in [1.54, 1.807) is 7.05 Å². The van der Waals surface area contributed by atoms with Crippen LogP contribution in [0.15, 0.2) is 21.5 Å². The van der Waals surface area contributed by atoms with E-state index in [2.05, 4.69) is 15.9 Å². The molecule has 1 rings (SSSR count). The summed E-state index contributed by atoms with van der Waals surface area (Å²) in [6.45, 7) is 4.41. The molecule has 0 saturated carbocycles. The van der Waals surface area contributed by atoms with Crippen LogP contribution in [0, 0.1) is 11.7 Å². The first-order chi connectivity index (χ1) is 9.57. The second-order valence-corrected chi connectivity index (χ2v) is 8.29. The monoisotopic (exact) mass is 399 g/mol. The summed E-state index contributed by atoms with van der Waals surface area (Å²) in [7, 11) is 2.75. The lowest BCUT2D eigenvalue weighted by Crippen LogP contribution is -2.31. The van der Waals surface area contributed by atoms with Crippen LogP contribution in [0.4, 0.5) is 4.39 Å². The number of nitrogens with zero attached hydrogens (tertiary/aromatic N) is 1. The van der Waals surface area contributed by atoms with Gasteiger partial charge >= 0.3 is 0 Å². The zero-order valence-electron chi connectivity index (χ0n) is 11.9. The van der Waals surface area contributed by atoms with Crippen molar-refractivity contribution in [3.63, 3.8) is 0 Å². The molecular weight excluding hydrogens is 385 g/mol. The number of hydrogen-bond donors (Lipinski definition) is 0. The number of rotatable bonds is 5. The summed E-state index contributed by atoms with van der Waals surface area (Å²) in [5.74, 6) is -1.12. The largest absolute Gasteiger partial charge is 0.341 e. The molecule has 1 unspecified atom stereocenters. The lowest BCUT2D eigenvalue weighted by Gasteiger charge is -2.21. The molecule has 8 heteroatoms. The molecule has 0 saturated heterocycles. The Morgan fingerprint density at radius 1 is 1.48 bits per heavy atom. The van der Waals surface area contributed by atoms with Crippen LogP contribution >= 0.6 is 26.6 Å². The van der Waals surface area contributed by atoms with Crippen molar-refractivity contribution in [3.8, 4) is 0 Å². The molecule has 0 N–H and O–H groups in total. The molecule has 21 heavy (non-hydrogen) atoms. The number of hydrogen-bond acceptors (Lipinski definition) is 3. The molecule has 0 heterocycles. The van der Waals surface area contributed by atoms with Crippen LogP contribution in [0.5, 0.6) is 0 Å². The second-order valence-electron chi connectivity index (χ2n) is 4.90. The first kappa shape index (κ1) is 18.4. The van der Waals surface area contributed by atoms with Gasteiger partial charge in [0.25, 0.3) is 15.0 Å². The Labute approximate surface area is 136 Å². The zero-order chi connectivity index (χ0) is 16.4. The summed E-state index contributed by atoms with van der Waals surface area (Å²) < 4.78 is 36.8. The molecule has 0 aliphatic carbocycles. The lowest BCUT2D eigenvalue weighted by atomic mass is 10.1. The van der Waals surface area contributed by atoms with Gasteiger partial charge in [0.05, 0.1) is 10.5 Å². The average molecular weight is 401 g/mol. The molecular formula is C13H16BrClFNO3S. The van der Waals surface area contributed by atoms with Gasteiger partial charge in [-0.3, -0.25) is 4.79 Å². The molecule has 0 aromatic heterocycles. The molecule has 0 bridgehead atoms. The van der Waals surface area contributed by atoms with Gasteiger partial charge in [-0.15, -0.1) is 0 Å². The topological polar surface area (TPSA) is 54.5 Å².